The van der Waals surface area contributed by atoms with Crippen LogP contribution < -0.4 is 11.5 Å². The van der Waals surface area contributed by atoms with Gasteiger partial charge in [0.05, 0.1) is 21.7 Å². The Kier molecular flexibility index (Phi) is 1.89. The average molecular weight is 204 g/mol. The maximum atomic E-state index is 10.8. The van der Waals surface area contributed by atoms with Gasteiger partial charge in [0, 0.05) is 12.3 Å². The number of nitrogen functional groups attached to an aromatic ring is 2. The molecular formula is C9H8N4O2. The summed E-state index contributed by atoms with van der Waals surface area (Å²) >= 11 is 0. The largest absolute Gasteiger partial charge is 0.397 e. The van der Waals surface area contributed by atoms with E-state index in [4.69, 9.17) is 11.5 Å². The smallest absolute Gasteiger partial charge is 0.280 e. The third kappa shape index (κ3) is 1.32. The van der Waals surface area contributed by atoms with E-state index in [0.717, 1.165) is 0 Å². The predicted octanol–water partition coefficient (Wildman–Crippen LogP) is 1.31. The van der Waals surface area contributed by atoms with Crippen molar-refractivity contribution in [3.05, 3.63) is 34.5 Å². The summed E-state index contributed by atoms with van der Waals surface area (Å²) in [7, 11) is 0. The molecular weight excluding hydrogens is 196 g/mol. The highest BCUT2D eigenvalue weighted by atomic mass is 16.6. The highest BCUT2D eigenvalue weighted by molar-refractivity contribution is 6.01. The Balaban J connectivity index is 2.94. The predicted molar refractivity (Wildman–Crippen MR) is 57.2 cm³/mol. The van der Waals surface area contributed by atoms with Gasteiger partial charge in [0.15, 0.2) is 0 Å². The molecule has 0 aliphatic rings. The maximum Gasteiger partial charge on any atom is 0.280 e. The van der Waals surface area contributed by atoms with Crippen LogP contribution in [0, 0.1) is 10.1 Å². The first-order chi connectivity index (χ1) is 7.11. The van der Waals surface area contributed by atoms with Crippen LogP contribution in [0.2, 0.25) is 0 Å². The van der Waals surface area contributed by atoms with Gasteiger partial charge in [0.25, 0.3) is 5.69 Å². The van der Waals surface area contributed by atoms with Crippen LogP contribution in [-0.2, 0) is 0 Å². The van der Waals surface area contributed by atoms with Crippen molar-refractivity contribution in [1.82, 2.24) is 4.98 Å². The van der Waals surface area contributed by atoms with E-state index < -0.39 is 4.92 Å². The van der Waals surface area contributed by atoms with Gasteiger partial charge in [-0.1, -0.05) is 0 Å². The number of aromatic nitrogens is 1. The molecule has 0 radical (unpaired) electrons. The van der Waals surface area contributed by atoms with Crippen molar-refractivity contribution in [2.45, 2.75) is 0 Å². The summed E-state index contributed by atoms with van der Waals surface area (Å²) < 4.78 is 0. The Bertz CT molecular complexity index is 553. The highest BCUT2D eigenvalue weighted by Crippen LogP contribution is 2.32. The summed E-state index contributed by atoms with van der Waals surface area (Å²) in [4.78, 5) is 14.2. The Morgan fingerprint density at radius 3 is 2.80 bits per heavy atom. The molecule has 2 aromatic rings. The second-order valence-electron chi connectivity index (χ2n) is 3.06. The normalized spacial score (nSPS) is 10.4. The minimum atomic E-state index is -0.500. The molecule has 1 heterocycles. The summed E-state index contributed by atoms with van der Waals surface area (Å²) in [5, 5.41) is 11.2. The van der Waals surface area contributed by atoms with Crippen molar-refractivity contribution in [2.24, 2.45) is 0 Å². The van der Waals surface area contributed by atoms with Gasteiger partial charge >= 0.3 is 0 Å². The van der Waals surface area contributed by atoms with Crippen molar-refractivity contribution in [2.75, 3.05) is 11.5 Å². The number of nitrogens with zero attached hydrogens (tertiary/aromatic N) is 2. The number of pyridine rings is 1. The summed E-state index contributed by atoms with van der Waals surface area (Å²) in [6, 6.07) is 4.46. The van der Waals surface area contributed by atoms with Crippen LogP contribution in [0.5, 0.6) is 0 Å². The van der Waals surface area contributed by atoms with Gasteiger partial charge in [-0.3, -0.25) is 15.1 Å². The molecule has 0 saturated carbocycles. The van der Waals surface area contributed by atoms with E-state index in [-0.39, 0.29) is 17.1 Å². The highest BCUT2D eigenvalue weighted by Gasteiger charge is 2.16. The zero-order chi connectivity index (χ0) is 11.0. The molecule has 0 atom stereocenters. The van der Waals surface area contributed by atoms with E-state index in [1.54, 1.807) is 12.1 Å². The molecule has 0 unspecified atom stereocenters. The van der Waals surface area contributed by atoms with Gasteiger partial charge in [0.2, 0.25) is 0 Å². The zero-order valence-corrected chi connectivity index (χ0v) is 7.68. The summed E-state index contributed by atoms with van der Waals surface area (Å²) in [5.41, 5.74) is 12.0. The van der Waals surface area contributed by atoms with Gasteiger partial charge in [-0.25, -0.2) is 0 Å². The second kappa shape index (κ2) is 3.09. The quantitative estimate of drug-likeness (QED) is 0.413. The maximum absolute atomic E-state index is 10.8. The van der Waals surface area contributed by atoms with E-state index >= 15 is 0 Å². The first kappa shape index (κ1) is 9.20. The minimum absolute atomic E-state index is 0.0789. The standard InChI is InChI=1S/C9H8N4O2/c10-6-4-7(13(14)15)5-2-1-3-12-9(5)8(6)11/h1-4H,10-11H2. The van der Waals surface area contributed by atoms with E-state index in [9.17, 15) is 10.1 Å². The van der Waals surface area contributed by atoms with Crippen LogP contribution in [0.1, 0.15) is 0 Å². The number of hydrogen-bond acceptors (Lipinski definition) is 5. The topological polar surface area (TPSA) is 108 Å². The SMILES string of the molecule is Nc1cc([N+](=O)[O-])c2cccnc2c1N. The number of non-ortho nitro benzene ring substituents is 1. The Morgan fingerprint density at radius 1 is 1.40 bits per heavy atom. The first-order valence-electron chi connectivity index (χ1n) is 4.18. The first-order valence-corrected chi connectivity index (χ1v) is 4.18. The lowest BCUT2D eigenvalue weighted by Gasteiger charge is -2.04. The number of benzene rings is 1. The Hall–Kier alpha value is -2.37. The molecule has 1 aromatic heterocycles. The molecule has 0 fully saturated rings. The fraction of sp³-hybridized carbons (Fsp3) is 0. The van der Waals surface area contributed by atoms with Gasteiger partial charge in [-0.2, -0.15) is 0 Å². The average Bonchev–Trinajstić information content (AvgIpc) is 2.23. The van der Waals surface area contributed by atoms with Crippen molar-refractivity contribution < 1.29 is 4.92 Å². The number of nitro groups is 1. The Labute approximate surface area is 84.7 Å². The lowest BCUT2D eigenvalue weighted by atomic mass is 10.1. The van der Waals surface area contributed by atoms with Crippen molar-refractivity contribution in [3.8, 4) is 0 Å². The van der Waals surface area contributed by atoms with Crippen LogP contribution in [0.25, 0.3) is 10.9 Å². The van der Waals surface area contributed by atoms with E-state index in [1.165, 1.54) is 12.3 Å². The van der Waals surface area contributed by atoms with E-state index in [2.05, 4.69) is 4.98 Å². The monoisotopic (exact) mass is 204 g/mol. The molecule has 4 N–H and O–H groups in total. The van der Waals surface area contributed by atoms with Crippen LogP contribution in [0.15, 0.2) is 24.4 Å². The molecule has 0 saturated heterocycles. The molecule has 6 heteroatoms. The molecule has 6 nitrogen and oxygen atoms in total. The van der Waals surface area contributed by atoms with Gasteiger partial charge < -0.3 is 11.5 Å². The summed E-state index contributed by atoms with van der Waals surface area (Å²) in [6.07, 6.45) is 1.52. The minimum Gasteiger partial charge on any atom is -0.397 e. The van der Waals surface area contributed by atoms with Crippen molar-refractivity contribution in [3.63, 3.8) is 0 Å². The van der Waals surface area contributed by atoms with Crippen molar-refractivity contribution >= 4 is 28.0 Å². The molecule has 1 aromatic carbocycles. The summed E-state index contributed by atoms with van der Waals surface area (Å²) in [6.45, 7) is 0. The molecule has 0 aliphatic heterocycles. The Morgan fingerprint density at radius 2 is 2.13 bits per heavy atom. The summed E-state index contributed by atoms with van der Waals surface area (Å²) in [5.74, 6) is 0. The lowest BCUT2D eigenvalue weighted by molar-refractivity contribution is -0.383. The second-order valence-corrected chi connectivity index (χ2v) is 3.06. The molecule has 0 aliphatic carbocycles. The van der Waals surface area contributed by atoms with E-state index in [0.29, 0.717) is 10.9 Å². The molecule has 0 bridgehead atoms. The number of anilines is 2. The third-order valence-corrected chi connectivity index (χ3v) is 2.14. The third-order valence-electron chi connectivity index (χ3n) is 2.14. The number of rotatable bonds is 1. The number of fused-ring (bicyclic) bond motifs is 1. The fourth-order valence-electron chi connectivity index (χ4n) is 1.42. The van der Waals surface area contributed by atoms with Crippen LogP contribution in [-0.4, -0.2) is 9.91 Å². The van der Waals surface area contributed by atoms with Gasteiger partial charge in [0.1, 0.15) is 5.52 Å². The molecule has 2 rings (SSSR count). The fourth-order valence-corrected chi connectivity index (χ4v) is 1.42. The number of hydrogen-bond donors (Lipinski definition) is 2. The number of nitrogens with two attached hydrogens (primary N) is 2. The van der Waals surface area contributed by atoms with Gasteiger partial charge in [-0.15, -0.1) is 0 Å². The molecule has 0 spiro atoms. The lowest BCUT2D eigenvalue weighted by Crippen LogP contribution is -2.00. The zero-order valence-electron chi connectivity index (χ0n) is 7.68. The van der Waals surface area contributed by atoms with Crippen LogP contribution in [0.4, 0.5) is 17.1 Å². The number of nitro benzene ring substituents is 1. The van der Waals surface area contributed by atoms with Crippen LogP contribution >= 0.6 is 0 Å². The van der Waals surface area contributed by atoms with Crippen molar-refractivity contribution in [1.29, 1.82) is 0 Å². The van der Waals surface area contributed by atoms with Crippen LogP contribution in [0.3, 0.4) is 0 Å². The van der Waals surface area contributed by atoms with Gasteiger partial charge in [-0.05, 0) is 12.1 Å². The van der Waals surface area contributed by atoms with E-state index in [1.807, 2.05) is 0 Å². The molecule has 76 valence electrons. The molecule has 0 amide bonds. The molecule has 15 heavy (non-hydrogen) atoms.